The van der Waals surface area contributed by atoms with Crippen LogP contribution in [0.3, 0.4) is 0 Å². The lowest BCUT2D eigenvalue weighted by Crippen LogP contribution is -2.22. The van der Waals surface area contributed by atoms with E-state index in [4.69, 9.17) is 18.6 Å². The molecule has 0 radical (unpaired) electrons. The van der Waals surface area contributed by atoms with Crippen LogP contribution in [0.5, 0.6) is 34.5 Å². The van der Waals surface area contributed by atoms with Crippen LogP contribution in [0.15, 0.2) is 82.0 Å². The van der Waals surface area contributed by atoms with Gasteiger partial charge in [0.05, 0.1) is 19.6 Å². The molecule has 3 N–H and O–H groups in total. The van der Waals surface area contributed by atoms with E-state index in [0.717, 1.165) is 17.7 Å². The molecule has 2 aliphatic heterocycles. The molecule has 0 amide bonds. The number of benzene rings is 4. The Kier molecular flexibility index (Phi) is 6.42. The topological polar surface area (TPSA) is 136 Å². The molecule has 0 saturated carbocycles. The predicted octanol–water partition coefficient (Wildman–Crippen LogP) is 5.57. The van der Waals surface area contributed by atoms with Crippen LogP contribution in [0.4, 0.5) is 0 Å². The maximum absolute atomic E-state index is 13.3. The third kappa shape index (κ3) is 4.78. The minimum atomic E-state index is -0.612. The Morgan fingerprint density at radius 2 is 1.72 bits per heavy atom. The van der Waals surface area contributed by atoms with Crippen LogP contribution >= 0.6 is 0 Å². The van der Waals surface area contributed by atoms with E-state index in [1.165, 1.54) is 35.9 Å². The van der Waals surface area contributed by atoms with Gasteiger partial charge in [-0.3, -0.25) is 9.59 Å². The van der Waals surface area contributed by atoms with Crippen LogP contribution in [0.1, 0.15) is 34.6 Å². The van der Waals surface area contributed by atoms with Gasteiger partial charge in [-0.25, -0.2) is 0 Å². The van der Waals surface area contributed by atoms with E-state index in [9.17, 15) is 24.9 Å². The number of phenols is 3. The van der Waals surface area contributed by atoms with Gasteiger partial charge in [0.2, 0.25) is 0 Å². The summed E-state index contributed by atoms with van der Waals surface area (Å²) >= 11 is 0. The lowest BCUT2D eigenvalue weighted by molar-refractivity contribution is -0.135. The molecule has 7 rings (SSSR count). The molecule has 3 heterocycles. The van der Waals surface area contributed by atoms with Crippen LogP contribution in [0, 0.1) is 0 Å². The third-order valence-electron chi connectivity index (χ3n) is 7.88. The summed E-state index contributed by atoms with van der Waals surface area (Å²) in [7, 11) is 0. The molecule has 216 valence electrons. The van der Waals surface area contributed by atoms with Crippen LogP contribution in [0.25, 0.3) is 22.3 Å². The Morgan fingerprint density at radius 3 is 2.58 bits per heavy atom. The Balaban J connectivity index is 1.29. The maximum atomic E-state index is 13.3. The molecule has 2 aliphatic rings. The van der Waals surface area contributed by atoms with Crippen molar-refractivity contribution < 1.29 is 38.7 Å². The zero-order valence-corrected chi connectivity index (χ0v) is 22.8. The van der Waals surface area contributed by atoms with Crippen molar-refractivity contribution in [2.45, 2.75) is 25.2 Å². The van der Waals surface area contributed by atoms with Crippen LogP contribution in [-0.2, 0) is 17.6 Å². The fourth-order valence-electron chi connectivity index (χ4n) is 5.82. The fourth-order valence-corrected chi connectivity index (χ4v) is 5.82. The summed E-state index contributed by atoms with van der Waals surface area (Å²) in [6.07, 6.45) is 1.50. The molecule has 0 aliphatic carbocycles. The number of aromatic hydroxyl groups is 3. The van der Waals surface area contributed by atoms with Crippen LogP contribution in [0.2, 0.25) is 0 Å². The Labute approximate surface area is 245 Å². The van der Waals surface area contributed by atoms with E-state index < -0.39 is 17.3 Å². The van der Waals surface area contributed by atoms with Crippen molar-refractivity contribution in [2.24, 2.45) is 0 Å². The van der Waals surface area contributed by atoms with E-state index in [1.807, 2.05) is 36.4 Å². The minimum absolute atomic E-state index is 0.0496. The maximum Gasteiger partial charge on any atom is 0.312 e. The van der Waals surface area contributed by atoms with E-state index in [1.54, 1.807) is 0 Å². The van der Waals surface area contributed by atoms with Gasteiger partial charge in [0.15, 0.2) is 16.9 Å². The summed E-state index contributed by atoms with van der Waals surface area (Å²) in [5.41, 5.74) is 3.30. The van der Waals surface area contributed by atoms with E-state index in [0.29, 0.717) is 42.1 Å². The molecule has 0 spiro atoms. The average molecular weight is 579 g/mol. The highest BCUT2D eigenvalue weighted by atomic mass is 16.5. The molecular formula is C34H26O9. The van der Waals surface area contributed by atoms with Crippen molar-refractivity contribution in [1.29, 1.82) is 0 Å². The molecule has 1 aromatic heterocycles. The highest BCUT2D eigenvalue weighted by molar-refractivity contribution is 5.93. The number of hydrogen-bond acceptors (Lipinski definition) is 9. The SMILES string of the molecule is O=C1C[C@@H](c2ccccc2OCCc2ccc3c(c2)CCO3)c2c(cc(O)c3c(=O)cc(-c4ccc(O)c(O)c4)oc23)O1. The minimum Gasteiger partial charge on any atom is -0.507 e. The van der Waals surface area contributed by atoms with Gasteiger partial charge in [-0.05, 0) is 41.5 Å². The van der Waals surface area contributed by atoms with Gasteiger partial charge < -0.3 is 33.9 Å². The molecule has 9 heteroatoms. The number of esters is 1. The Hall–Kier alpha value is -5.44. The lowest BCUT2D eigenvalue weighted by atomic mass is 9.84. The van der Waals surface area contributed by atoms with E-state index in [2.05, 4.69) is 6.07 Å². The second-order valence-electron chi connectivity index (χ2n) is 10.6. The summed E-state index contributed by atoms with van der Waals surface area (Å²) < 4.78 is 23.6. The second kappa shape index (κ2) is 10.4. The highest BCUT2D eigenvalue weighted by Crippen LogP contribution is 2.48. The smallest absolute Gasteiger partial charge is 0.312 e. The molecule has 0 fully saturated rings. The summed E-state index contributed by atoms with van der Waals surface area (Å²) in [6, 6.07) is 20.0. The van der Waals surface area contributed by atoms with Crippen molar-refractivity contribution >= 4 is 16.9 Å². The van der Waals surface area contributed by atoms with Crippen molar-refractivity contribution in [2.75, 3.05) is 13.2 Å². The zero-order valence-electron chi connectivity index (χ0n) is 22.8. The number of ether oxygens (including phenoxy) is 3. The number of rotatable bonds is 6. The average Bonchev–Trinajstić information content (AvgIpc) is 3.46. The van der Waals surface area contributed by atoms with Gasteiger partial charge >= 0.3 is 5.97 Å². The molecule has 43 heavy (non-hydrogen) atoms. The first-order valence-electron chi connectivity index (χ1n) is 13.9. The number of carbonyl (C=O) groups excluding carboxylic acids is 1. The largest absolute Gasteiger partial charge is 0.507 e. The molecule has 1 atom stereocenters. The Bertz CT molecular complexity index is 1970. The molecule has 0 bridgehead atoms. The third-order valence-corrected chi connectivity index (χ3v) is 7.88. The first kappa shape index (κ1) is 26.5. The van der Waals surface area contributed by atoms with Crippen LogP contribution in [-0.4, -0.2) is 34.5 Å². The predicted molar refractivity (Wildman–Crippen MR) is 156 cm³/mol. The first-order valence-corrected chi connectivity index (χ1v) is 13.9. The van der Waals surface area contributed by atoms with Crippen molar-refractivity contribution in [3.8, 4) is 45.8 Å². The van der Waals surface area contributed by atoms with Crippen molar-refractivity contribution in [1.82, 2.24) is 0 Å². The number of phenolic OH excluding ortho intramolecular Hbond substituents is 3. The van der Waals surface area contributed by atoms with Gasteiger partial charge in [0, 0.05) is 47.6 Å². The summed E-state index contributed by atoms with van der Waals surface area (Å²) in [5.74, 6) is -0.544. The molecule has 4 aromatic carbocycles. The normalized spacial score (nSPS) is 15.4. The quantitative estimate of drug-likeness (QED) is 0.134. The second-order valence-corrected chi connectivity index (χ2v) is 10.6. The fraction of sp³-hybridized carbons (Fsp3) is 0.176. The first-order chi connectivity index (χ1) is 20.9. The van der Waals surface area contributed by atoms with E-state index in [-0.39, 0.29) is 46.1 Å². The van der Waals surface area contributed by atoms with Gasteiger partial charge in [-0.15, -0.1) is 0 Å². The Morgan fingerprint density at radius 1 is 0.860 bits per heavy atom. The van der Waals surface area contributed by atoms with Gasteiger partial charge in [-0.2, -0.15) is 0 Å². The van der Waals surface area contributed by atoms with E-state index >= 15 is 0 Å². The summed E-state index contributed by atoms with van der Waals surface area (Å²) in [5, 5.41) is 30.5. The zero-order chi connectivity index (χ0) is 29.7. The molecule has 9 nitrogen and oxygen atoms in total. The van der Waals surface area contributed by atoms with Crippen molar-refractivity contribution in [3.05, 3.63) is 105 Å². The molecule has 0 saturated heterocycles. The van der Waals surface area contributed by atoms with Gasteiger partial charge in [0.1, 0.15) is 39.7 Å². The lowest BCUT2D eigenvalue weighted by Gasteiger charge is -2.27. The van der Waals surface area contributed by atoms with Crippen LogP contribution < -0.4 is 19.6 Å². The summed E-state index contributed by atoms with van der Waals surface area (Å²) in [4.78, 5) is 26.1. The molecular weight excluding hydrogens is 552 g/mol. The monoisotopic (exact) mass is 578 g/mol. The number of para-hydroxylation sites is 1. The van der Waals surface area contributed by atoms with Gasteiger partial charge in [-0.1, -0.05) is 30.3 Å². The summed E-state index contributed by atoms with van der Waals surface area (Å²) in [6.45, 7) is 1.08. The standard InChI is InChI=1S/C34H26O9/c35-23-7-6-19(14-24(23)36)29-16-25(37)33-26(38)17-30-32(34(33)43-29)22(15-31(39)42-30)21-3-1-2-4-28(21)41-11-9-18-5-8-27-20(13-18)10-12-40-27/h1-8,13-14,16-17,22,35-36,38H,9-12,15H2/t22-/m0/s1. The molecule has 0 unspecified atom stereocenters. The van der Waals surface area contributed by atoms with Gasteiger partial charge in [0.25, 0.3) is 0 Å². The van der Waals surface area contributed by atoms with Crippen molar-refractivity contribution in [3.63, 3.8) is 0 Å². The molecule has 5 aromatic rings. The number of carbonyl (C=O) groups is 1. The highest BCUT2D eigenvalue weighted by Gasteiger charge is 2.35. The number of hydrogen-bond donors (Lipinski definition) is 3. The number of fused-ring (bicyclic) bond motifs is 4.